The summed E-state index contributed by atoms with van der Waals surface area (Å²) < 4.78 is 1.71. The molecule has 1 unspecified atom stereocenters. The van der Waals surface area contributed by atoms with E-state index in [4.69, 9.17) is 4.98 Å². The predicted octanol–water partition coefficient (Wildman–Crippen LogP) is 3.84. The molecule has 0 spiro atoms. The van der Waals surface area contributed by atoms with E-state index in [-0.39, 0.29) is 23.9 Å². The third kappa shape index (κ3) is 5.64. The van der Waals surface area contributed by atoms with E-state index in [2.05, 4.69) is 67.5 Å². The van der Waals surface area contributed by atoms with Crippen LogP contribution in [0.1, 0.15) is 48.7 Å². The minimum Gasteiger partial charge on any atom is -0.369 e. The molecule has 0 radical (unpaired) electrons. The average molecular weight is 566 g/mol. The fraction of sp³-hybridized carbons (Fsp3) is 0.406. The second-order valence-corrected chi connectivity index (χ2v) is 11.5. The Labute approximate surface area is 246 Å². The Bertz CT molecular complexity index is 1670. The van der Waals surface area contributed by atoms with E-state index in [0.29, 0.717) is 17.2 Å². The molecule has 0 bridgehead atoms. The normalized spacial score (nSPS) is 17.2. The van der Waals surface area contributed by atoms with Crippen LogP contribution in [0, 0.1) is 12.8 Å². The van der Waals surface area contributed by atoms with E-state index >= 15 is 0 Å². The molecule has 3 N–H and O–H groups in total. The van der Waals surface area contributed by atoms with Gasteiger partial charge in [-0.25, -0.2) is 4.98 Å². The quantitative estimate of drug-likeness (QED) is 0.293. The summed E-state index contributed by atoms with van der Waals surface area (Å²) in [6, 6.07) is 8.19. The lowest BCUT2D eigenvalue weighted by Crippen LogP contribution is -2.43. The van der Waals surface area contributed by atoms with Crippen molar-refractivity contribution in [2.45, 2.75) is 39.7 Å². The summed E-state index contributed by atoms with van der Waals surface area (Å²) in [5, 5.41) is 11.0. The zero-order valence-corrected chi connectivity index (χ0v) is 24.7. The summed E-state index contributed by atoms with van der Waals surface area (Å²) in [6.07, 6.45) is 6.20. The maximum absolute atomic E-state index is 14.0. The third-order valence-electron chi connectivity index (χ3n) is 8.34. The standard InChI is InChI=1S/C32H39N9O/c1-20(2)22(4)26-16-24-18-37-32(38-25-5-6-28(21(3)15-25)40-13-11-33-12-14-40)39-30(24)41(31(26)42)19-27-29(36-10-9-35-27)23-7-8-34-17-23/h5-6,9-10,15-16,18,20,23,33-34H,4,7-8,11-14,17,19H2,1-3H3,(H,37,38,39). The number of anilines is 3. The maximum Gasteiger partial charge on any atom is 0.260 e. The molecular formula is C32H39N9O. The molecule has 10 heteroatoms. The minimum atomic E-state index is -0.136. The van der Waals surface area contributed by atoms with Crippen LogP contribution >= 0.6 is 0 Å². The molecule has 0 amide bonds. The van der Waals surface area contributed by atoms with Gasteiger partial charge in [-0.2, -0.15) is 4.98 Å². The number of fused-ring (bicyclic) bond motifs is 1. The number of rotatable bonds is 8. The van der Waals surface area contributed by atoms with Crippen LogP contribution in [0.25, 0.3) is 16.6 Å². The molecule has 2 fully saturated rings. The van der Waals surface area contributed by atoms with Crippen molar-refractivity contribution in [2.24, 2.45) is 5.92 Å². The van der Waals surface area contributed by atoms with Crippen molar-refractivity contribution in [1.82, 2.24) is 35.1 Å². The summed E-state index contributed by atoms with van der Waals surface area (Å²) in [5.41, 5.74) is 6.83. The molecule has 6 rings (SSSR count). The first-order chi connectivity index (χ1) is 20.4. The monoisotopic (exact) mass is 565 g/mol. The van der Waals surface area contributed by atoms with Crippen LogP contribution in [0.3, 0.4) is 0 Å². The molecule has 0 saturated carbocycles. The van der Waals surface area contributed by atoms with Crippen LogP contribution in [0.5, 0.6) is 0 Å². The molecular weight excluding hydrogens is 526 g/mol. The van der Waals surface area contributed by atoms with E-state index in [1.165, 1.54) is 11.3 Å². The topological polar surface area (TPSA) is 113 Å². The van der Waals surface area contributed by atoms with E-state index in [9.17, 15) is 4.79 Å². The zero-order chi connectivity index (χ0) is 29.2. The first-order valence-electron chi connectivity index (χ1n) is 14.8. The Morgan fingerprint density at radius 2 is 1.90 bits per heavy atom. The largest absolute Gasteiger partial charge is 0.369 e. The first kappa shape index (κ1) is 28.0. The van der Waals surface area contributed by atoms with Crippen LogP contribution in [0.15, 0.2) is 54.2 Å². The Kier molecular flexibility index (Phi) is 7.99. The molecule has 4 aromatic rings. The van der Waals surface area contributed by atoms with Gasteiger partial charge in [-0.3, -0.25) is 19.3 Å². The van der Waals surface area contributed by atoms with Gasteiger partial charge in [0.2, 0.25) is 5.95 Å². The van der Waals surface area contributed by atoms with Crippen LogP contribution in [-0.4, -0.2) is 63.8 Å². The smallest absolute Gasteiger partial charge is 0.260 e. The molecule has 5 heterocycles. The van der Waals surface area contributed by atoms with Crippen molar-refractivity contribution in [2.75, 3.05) is 49.5 Å². The number of piperazine rings is 1. The highest BCUT2D eigenvalue weighted by molar-refractivity contribution is 5.81. The van der Waals surface area contributed by atoms with Gasteiger partial charge >= 0.3 is 0 Å². The fourth-order valence-corrected chi connectivity index (χ4v) is 5.91. The van der Waals surface area contributed by atoms with Crippen LogP contribution in [0.4, 0.5) is 17.3 Å². The second kappa shape index (κ2) is 12.0. The van der Waals surface area contributed by atoms with Gasteiger partial charge in [0.05, 0.1) is 17.9 Å². The van der Waals surface area contributed by atoms with E-state index in [1.807, 2.05) is 19.9 Å². The molecule has 2 aliphatic heterocycles. The molecule has 0 aliphatic carbocycles. The molecule has 2 aliphatic rings. The number of nitrogens with zero attached hydrogens (tertiary/aromatic N) is 6. The van der Waals surface area contributed by atoms with Gasteiger partial charge in [0.15, 0.2) is 0 Å². The lowest BCUT2D eigenvalue weighted by Gasteiger charge is -2.30. The molecule has 3 aromatic heterocycles. The Balaban J connectivity index is 1.39. The number of benzene rings is 1. The summed E-state index contributed by atoms with van der Waals surface area (Å²) >= 11 is 0. The van der Waals surface area contributed by atoms with Gasteiger partial charge < -0.3 is 20.9 Å². The maximum atomic E-state index is 14.0. The number of aryl methyl sites for hydroxylation is 1. The number of allylic oxidation sites excluding steroid dienone is 1. The number of aromatic nitrogens is 5. The summed E-state index contributed by atoms with van der Waals surface area (Å²) in [6.45, 7) is 16.5. The SMILES string of the molecule is C=C(c1cc2cnc(Nc3ccc(N4CCNCC4)c(C)c3)nc2n(Cc2nccnc2C2CCNC2)c1=O)C(C)C. The van der Waals surface area contributed by atoms with Gasteiger partial charge in [-0.1, -0.05) is 20.4 Å². The number of pyridine rings is 1. The average Bonchev–Trinajstić information content (AvgIpc) is 3.54. The molecule has 42 heavy (non-hydrogen) atoms. The van der Waals surface area contributed by atoms with Crippen molar-refractivity contribution in [3.05, 3.63) is 82.3 Å². The highest BCUT2D eigenvalue weighted by atomic mass is 16.1. The lowest BCUT2D eigenvalue weighted by atomic mass is 9.97. The summed E-state index contributed by atoms with van der Waals surface area (Å²) in [4.78, 5) is 35.3. The van der Waals surface area contributed by atoms with Crippen molar-refractivity contribution >= 4 is 33.9 Å². The van der Waals surface area contributed by atoms with Crippen molar-refractivity contribution < 1.29 is 0 Å². The molecule has 218 valence electrons. The lowest BCUT2D eigenvalue weighted by molar-refractivity contribution is 0.588. The highest BCUT2D eigenvalue weighted by Crippen LogP contribution is 2.28. The summed E-state index contributed by atoms with van der Waals surface area (Å²) in [5.74, 6) is 0.818. The van der Waals surface area contributed by atoms with Gasteiger partial charge in [0.25, 0.3) is 5.56 Å². The van der Waals surface area contributed by atoms with Crippen molar-refractivity contribution in [1.29, 1.82) is 0 Å². The first-order valence-corrected chi connectivity index (χ1v) is 14.8. The third-order valence-corrected chi connectivity index (χ3v) is 8.34. The molecule has 2 saturated heterocycles. The van der Waals surface area contributed by atoms with Crippen molar-refractivity contribution in [3.8, 4) is 0 Å². The molecule has 1 aromatic carbocycles. The van der Waals surface area contributed by atoms with Gasteiger partial charge in [-0.15, -0.1) is 0 Å². The number of hydrogen-bond donors (Lipinski definition) is 3. The van der Waals surface area contributed by atoms with Gasteiger partial charge in [-0.05, 0) is 61.2 Å². The Hall–Kier alpha value is -4.15. The van der Waals surface area contributed by atoms with Crippen LogP contribution in [-0.2, 0) is 6.54 Å². The van der Waals surface area contributed by atoms with E-state index in [1.54, 1.807) is 23.2 Å². The zero-order valence-electron chi connectivity index (χ0n) is 24.7. The van der Waals surface area contributed by atoms with Gasteiger partial charge in [0, 0.05) is 79.6 Å². The predicted molar refractivity (Wildman–Crippen MR) is 169 cm³/mol. The van der Waals surface area contributed by atoms with Crippen LogP contribution < -0.4 is 26.4 Å². The van der Waals surface area contributed by atoms with Gasteiger partial charge in [0.1, 0.15) is 5.65 Å². The molecule has 10 nitrogen and oxygen atoms in total. The fourth-order valence-electron chi connectivity index (χ4n) is 5.91. The second-order valence-electron chi connectivity index (χ2n) is 11.5. The Morgan fingerprint density at radius 3 is 2.64 bits per heavy atom. The van der Waals surface area contributed by atoms with E-state index < -0.39 is 0 Å². The van der Waals surface area contributed by atoms with Crippen LogP contribution in [0.2, 0.25) is 0 Å². The Morgan fingerprint density at radius 1 is 1.10 bits per heavy atom. The minimum absolute atomic E-state index is 0.120. The number of nitrogens with one attached hydrogen (secondary N) is 3. The highest BCUT2D eigenvalue weighted by Gasteiger charge is 2.23. The molecule has 1 atom stereocenters. The summed E-state index contributed by atoms with van der Waals surface area (Å²) in [7, 11) is 0. The number of hydrogen-bond acceptors (Lipinski definition) is 9. The van der Waals surface area contributed by atoms with Crippen molar-refractivity contribution in [3.63, 3.8) is 0 Å². The van der Waals surface area contributed by atoms with E-state index in [0.717, 1.165) is 73.7 Å².